The number of amides is 2. The maximum Gasteiger partial charge on any atom is 0.321 e. The lowest BCUT2D eigenvalue weighted by Gasteiger charge is -2.32. The van der Waals surface area contributed by atoms with Crippen LogP contribution in [0.2, 0.25) is 5.02 Å². The van der Waals surface area contributed by atoms with Crippen LogP contribution in [-0.2, 0) is 6.54 Å². The number of anilines is 1. The molecule has 8 heteroatoms. The van der Waals surface area contributed by atoms with Crippen molar-refractivity contribution in [3.05, 3.63) is 77.3 Å². The first kappa shape index (κ1) is 22.1. The third kappa shape index (κ3) is 6.01. The summed E-state index contributed by atoms with van der Waals surface area (Å²) in [7, 11) is 0. The molecule has 2 amide bonds. The Morgan fingerprint density at radius 2 is 2.03 bits per heavy atom. The molecule has 1 saturated heterocycles. The number of urea groups is 1. The molecule has 4 rings (SSSR count). The smallest absolute Gasteiger partial charge is 0.321 e. The Labute approximate surface area is 191 Å². The van der Waals surface area contributed by atoms with Gasteiger partial charge in [-0.3, -0.25) is 4.68 Å². The average molecular weight is 457 g/mol. The number of ether oxygens (including phenoxy) is 1. The van der Waals surface area contributed by atoms with Crippen molar-refractivity contribution >= 4 is 23.3 Å². The first-order chi connectivity index (χ1) is 15.6. The minimum Gasteiger partial charge on any atom is -0.492 e. The number of hydrogen-bond acceptors (Lipinski definition) is 3. The standard InChI is InChI=1S/C24H26ClFN4O2/c25-22-5-1-2-6-23(22)32-13-11-18-4-3-12-29(15-18)24(31)28-21-14-27-30(17-21)16-19-7-9-20(26)10-8-19/h1-2,5-10,14,17-18H,3-4,11-13,15-16H2,(H,28,31). The number of aromatic nitrogens is 2. The van der Waals surface area contributed by atoms with E-state index >= 15 is 0 Å². The van der Waals surface area contributed by atoms with Crippen molar-refractivity contribution in [2.24, 2.45) is 5.92 Å². The quantitative estimate of drug-likeness (QED) is 0.515. The van der Waals surface area contributed by atoms with Crippen LogP contribution < -0.4 is 10.1 Å². The van der Waals surface area contributed by atoms with Crippen molar-refractivity contribution in [2.45, 2.75) is 25.8 Å². The molecule has 1 fully saturated rings. The van der Waals surface area contributed by atoms with Gasteiger partial charge >= 0.3 is 6.03 Å². The summed E-state index contributed by atoms with van der Waals surface area (Å²) in [6.45, 7) is 2.51. The maximum atomic E-state index is 13.1. The maximum absolute atomic E-state index is 13.1. The molecule has 1 aliphatic heterocycles. The van der Waals surface area contributed by atoms with Gasteiger partial charge in [0.05, 0.1) is 30.1 Å². The zero-order valence-electron chi connectivity index (χ0n) is 17.7. The van der Waals surface area contributed by atoms with Gasteiger partial charge in [-0.1, -0.05) is 35.9 Å². The van der Waals surface area contributed by atoms with Crippen molar-refractivity contribution < 1.29 is 13.9 Å². The van der Waals surface area contributed by atoms with E-state index in [-0.39, 0.29) is 11.8 Å². The number of likely N-dealkylation sites (tertiary alicyclic amines) is 1. The van der Waals surface area contributed by atoms with Gasteiger partial charge in [0.25, 0.3) is 0 Å². The lowest BCUT2D eigenvalue weighted by Crippen LogP contribution is -2.42. The Balaban J connectivity index is 1.25. The van der Waals surface area contributed by atoms with Gasteiger partial charge in [0.2, 0.25) is 0 Å². The van der Waals surface area contributed by atoms with E-state index in [9.17, 15) is 9.18 Å². The Bertz CT molecular complexity index is 1040. The number of carbonyl (C=O) groups excluding carboxylic acids is 1. The molecule has 0 saturated carbocycles. The molecule has 1 N–H and O–H groups in total. The summed E-state index contributed by atoms with van der Waals surface area (Å²) in [6, 6.07) is 13.6. The number of hydrogen-bond donors (Lipinski definition) is 1. The zero-order valence-corrected chi connectivity index (χ0v) is 18.5. The lowest BCUT2D eigenvalue weighted by atomic mass is 9.95. The third-order valence-electron chi connectivity index (χ3n) is 5.57. The van der Waals surface area contributed by atoms with Crippen molar-refractivity contribution in [3.63, 3.8) is 0 Å². The van der Waals surface area contributed by atoms with Crippen molar-refractivity contribution in [2.75, 3.05) is 25.0 Å². The number of nitrogens with zero attached hydrogens (tertiary/aromatic N) is 3. The summed E-state index contributed by atoms with van der Waals surface area (Å²) in [4.78, 5) is 14.6. The van der Waals surface area contributed by atoms with Crippen LogP contribution in [0.1, 0.15) is 24.8 Å². The van der Waals surface area contributed by atoms with Gasteiger partial charge in [-0.15, -0.1) is 0 Å². The first-order valence-electron chi connectivity index (χ1n) is 10.8. The summed E-state index contributed by atoms with van der Waals surface area (Å²) in [5.41, 5.74) is 1.58. The van der Waals surface area contributed by atoms with Gasteiger partial charge in [-0.2, -0.15) is 5.10 Å². The number of carbonyl (C=O) groups is 1. The van der Waals surface area contributed by atoms with Crippen LogP contribution in [-0.4, -0.2) is 40.4 Å². The number of rotatable bonds is 7. The van der Waals surface area contributed by atoms with Gasteiger partial charge in [-0.05, 0) is 55.0 Å². The van der Waals surface area contributed by atoms with E-state index in [1.165, 1.54) is 12.1 Å². The molecule has 0 spiro atoms. The van der Waals surface area contributed by atoms with Crippen LogP contribution in [0.5, 0.6) is 5.75 Å². The van der Waals surface area contributed by atoms with Crippen LogP contribution in [0.25, 0.3) is 0 Å². The van der Waals surface area contributed by atoms with E-state index in [1.54, 1.807) is 29.2 Å². The summed E-state index contributed by atoms with van der Waals surface area (Å²) in [5, 5.41) is 7.83. The molecule has 2 heterocycles. The fourth-order valence-electron chi connectivity index (χ4n) is 3.88. The van der Waals surface area contributed by atoms with E-state index < -0.39 is 0 Å². The van der Waals surface area contributed by atoms with Crippen LogP contribution in [0.15, 0.2) is 60.9 Å². The Kier molecular flexibility index (Phi) is 7.27. The van der Waals surface area contributed by atoms with Gasteiger partial charge in [0.1, 0.15) is 11.6 Å². The molecule has 0 aliphatic carbocycles. The highest BCUT2D eigenvalue weighted by atomic mass is 35.5. The van der Waals surface area contributed by atoms with Gasteiger partial charge in [0.15, 0.2) is 0 Å². The predicted molar refractivity (Wildman–Crippen MR) is 123 cm³/mol. The topological polar surface area (TPSA) is 59.4 Å². The van der Waals surface area contributed by atoms with Crippen molar-refractivity contribution in [1.82, 2.24) is 14.7 Å². The fourth-order valence-corrected chi connectivity index (χ4v) is 4.07. The molecule has 1 unspecified atom stereocenters. The number of piperidine rings is 1. The van der Waals surface area contributed by atoms with Crippen molar-refractivity contribution in [3.8, 4) is 5.75 Å². The van der Waals surface area contributed by atoms with E-state index in [0.29, 0.717) is 42.1 Å². The summed E-state index contributed by atoms with van der Waals surface area (Å²) in [6.07, 6.45) is 6.31. The Hall–Kier alpha value is -3.06. The normalized spacial score (nSPS) is 16.1. The largest absolute Gasteiger partial charge is 0.492 e. The second kappa shape index (κ2) is 10.5. The summed E-state index contributed by atoms with van der Waals surface area (Å²) in [5.74, 6) is 0.813. The molecule has 1 aliphatic rings. The van der Waals surface area contributed by atoms with Crippen LogP contribution in [0.3, 0.4) is 0 Å². The molecule has 1 aromatic heterocycles. The molecule has 1 atom stereocenters. The summed E-state index contributed by atoms with van der Waals surface area (Å²) >= 11 is 6.13. The second-order valence-corrected chi connectivity index (χ2v) is 8.41. The highest BCUT2D eigenvalue weighted by Gasteiger charge is 2.24. The molecule has 3 aromatic rings. The fraction of sp³-hybridized carbons (Fsp3) is 0.333. The van der Waals surface area contributed by atoms with Gasteiger partial charge < -0.3 is 15.0 Å². The van der Waals surface area contributed by atoms with E-state index in [0.717, 1.165) is 31.4 Å². The molecule has 32 heavy (non-hydrogen) atoms. The second-order valence-electron chi connectivity index (χ2n) is 8.01. The minimum atomic E-state index is -0.266. The SMILES string of the molecule is O=C(Nc1cnn(Cc2ccc(F)cc2)c1)N1CCCC(CCOc2ccccc2Cl)C1. The third-order valence-corrected chi connectivity index (χ3v) is 5.88. The van der Waals surface area contributed by atoms with E-state index in [2.05, 4.69) is 10.4 Å². The van der Waals surface area contributed by atoms with Gasteiger partial charge in [0, 0.05) is 19.3 Å². The van der Waals surface area contributed by atoms with E-state index in [4.69, 9.17) is 16.3 Å². The monoisotopic (exact) mass is 456 g/mol. The van der Waals surface area contributed by atoms with Crippen LogP contribution in [0.4, 0.5) is 14.9 Å². The average Bonchev–Trinajstić information content (AvgIpc) is 3.23. The predicted octanol–water partition coefficient (Wildman–Crippen LogP) is 5.44. The Morgan fingerprint density at radius 3 is 2.84 bits per heavy atom. The highest BCUT2D eigenvalue weighted by molar-refractivity contribution is 6.32. The molecule has 6 nitrogen and oxygen atoms in total. The molecule has 2 aromatic carbocycles. The number of halogens is 2. The van der Waals surface area contributed by atoms with Crippen molar-refractivity contribution in [1.29, 1.82) is 0 Å². The van der Waals surface area contributed by atoms with Crippen LogP contribution >= 0.6 is 11.6 Å². The first-order valence-corrected chi connectivity index (χ1v) is 11.1. The molecule has 168 valence electrons. The van der Waals surface area contributed by atoms with Crippen LogP contribution in [0, 0.1) is 11.7 Å². The lowest BCUT2D eigenvalue weighted by molar-refractivity contribution is 0.163. The molecular formula is C24H26ClFN4O2. The van der Waals surface area contributed by atoms with Gasteiger partial charge in [-0.25, -0.2) is 9.18 Å². The number of benzene rings is 2. The summed E-state index contributed by atoms with van der Waals surface area (Å²) < 4.78 is 20.6. The number of nitrogens with one attached hydrogen (secondary N) is 1. The van der Waals surface area contributed by atoms with E-state index in [1.807, 2.05) is 29.2 Å². The molecular weight excluding hydrogens is 431 g/mol. The number of para-hydroxylation sites is 1. The molecule has 0 radical (unpaired) electrons. The minimum absolute atomic E-state index is 0.122. The Morgan fingerprint density at radius 1 is 1.22 bits per heavy atom. The highest BCUT2D eigenvalue weighted by Crippen LogP contribution is 2.25. The molecule has 0 bridgehead atoms. The zero-order chi connectivity index (χ0) is 22.3.